The molecule has 4 rings (SSSR count). The zero-order valence-electron chi connectivity index (χ0n) is 17.5. The fraction of sp³-hybridized carbons (Fsp3) is 0.333. The molecule has 6 heteroatoms. The number of hydrogen-bond acceptors (Lipinski definition) is 5. The fourth-order valence-electron chi connectivity index (χ4n) is 3.53. The average molecular weight is 405 g/mol. The molecule has 1 saturated heterocycles. The van der Waals surface area contributed by atoms with E-state index in [0.717, 1.165) is 48.8 Å². The Morgan fingerprint density at radius 2 is 2.13 bits per heavy atom. The van der Waals surface area contributed by atoms with Crippen LogP contribution in [-0.2, 0) is 16.1 Å². The zero-order chi connectivity index (χ0) is 20.8. The molecular formula is C24H28N4O2. The molecule has 1 aliphatic rings. The molecule has 6 nitrogen and oxygen atoms in total. The summed E-state index contributed by atoms with van der Waals surface area (Å²) in [5, 5.41) is 1.19. The average Bonchev–Trinajstić information content (AvgIpc) is 3.26. The molecule has 156 valence electrons. The zero-order valence-corrected chi connectivity index (χ0v) is 17.5. The van der Waals surface area contributed by atoms with Gasteiger partial charge in [0.25, 0.3) is 0 Å². The molecule has 1 unspecified atom stereocenters. The van der Waals surface area contributed by atoms with Gasteiger partial charge in [0.2, 0.25) is 0 Å². The normalized spacial score (nSPS) is 16.8. The van der Waals surface area contributed by atoms with E-state index in [1.807, 2.05) is 31.3 Å². The van der Waals surface area contributed by atoms with Crippen LogP contribution in [-0.4, -0.2) is 53.1 Å². The first-order valence-electron chi connectivity index (χ1n) is 10.4. The van der Waals surface area contributed by atoms with Crippen LogP contribution >= 0.6 is 0 Å². The number of nitrogens with zero attached hydrogens (tertiary/aromatic N) is 3. The summed E-state index contributed by atoms with van der Waals surface area (Å²) in [6.45, 7) is 7.85. The Labute approximate surface area is 177 Å². The van der Waals surface area contributed by atoms with Crippen LogP contribution in [0.15, 0.2) is 71.6 Å². The number of ether oxygens (including phenoxy) is 2. The van der Waals surface area contributed by atoms with Gasteiger partial charge in [-0.1, -0.05) is 18.2 Å². The highest BCUT2D eigenvalue weighted by molar-refractivity contribution is 6.10. The van der Waals surface area contributed by atoms with Crippen LogP contribution in [0.1, 0.15) is 25.1 Å². The van der Waals surface area contributed by atoms with Crippen molar-refractivity contribution in [3.63, 3.8) is 0 Å². The Kier molecular flexibility index (Phi) is 6.57. The monoisotopic (exact) mass is 404 g/mol. The van der Waals surface area contributed by atoms with Gasteiger partial charge < -0.3 is 19.4 Å². The lowest BCUT2D eigenvalue weighted by Gasteiger charge is -2.29. The predicted octanol–water partition coefficient (Wildman–Crippen LogP) is 4.15. The van der Waals surface area contributed by atoms with Crippen LogP contribution in [0.4, 0.5) is 0 Å². The predicted molar refractivity (Wildman–Crippen MR) is 119 cm³/mol. The number of aliphatic imine (C=N–C) groups is 1. The quantitative estimate of drug-likeness (QED) is 0.601. The lowest BCUT2D eigenvalue weighted by Crippen LogP contribution is -2.35. The van der Waals surface area contributed by atoms with Crippen molar-refractivity contribution in [2.45, 2.75) is 26.7 Å². The van der Waals surface area contributed by atoms with Gasteiger partial charge in [-0.3, -0.25) is 9.98 Å². The Morgan fingerprint density at radius 1 is 1.27 bits per heavy atom. The number of aromatic nitrogens is 2. The van der Waals surface area contributed by atoms with E-state index >= 15 is 0 Å². The largest absolute Gasteiger partial charge is 0.378 e. The van der Waals surface area contributed by atoms with Gasteiger partial charge >= 0.3 is 0 Å². The number of pyridine rings is 1. The second-order valence-electron chi connectivity index (χ2n) is 7.41. The molecular weight excluding hydrogens is 376 g/mol. The highest BCUT2D eigenvalue weighted by atomic mass is 16.5. The lowest BCUT2D eigenvalue weighted by molar-refractivity contribution is 0.0536. The fourth-order valence-corrected chi connectivity index (χ4v) is 3.53. The van der Waals surface area contributed by atoms with Crippen LogP contribution in [0, 0.1) is 0 Å². The van der Waals surface area contributed by atoms with E-state index in [1.54, 1.807) is 6.20 Å². The Balaban J connectivity index is 1.59. The van der Waals surface area contributed by atoms with Crippen LogP contribution < -0.4 is 0 Å². The van der Waals surface area contributed by atoms with E-state index in [2.05, 4.69) is 52.1 Å². The first kappa shape index (κ1) is 20.3. The maximum Gasteiger partial charge on any atom is 0.146 e. The minimum absolute atomic E-state index is 0.296. The third-order valence-corrected chi connectivity index (χ3v) is 5.23. The summed E-state index contributed by atoms with van der Waals surface area (Å²) in [6, 6.07) is 14.3. The van der Waals surface area contributed by atoms with Crippen molar-refractivity contribution in [2.75, 3.05) is 26.3 Å². The Bertz CT molecular complexity index is 1020. The standard InChI is InChI=1S/C24H28N4O2/c1-18(28-11-13-29-14-12-28)15-24(21-7-6-20-8-10-26-23(20)16-21)27-19(2)30-17-22-5-3-4-9-25-22/h3-10,15-16,19,26H,11-14,17H2,1-2H3/b18-15+,27-24+. The van der Waals surface area contributed by atoms with Gasteiger partial charge in [0.05, 0.1) is 31.2 Å². The molecule has 3 heterocycles. The first-order chi connectivity index (χ1) is 14.7. The number of allylic oxidation sites excluding steroid dienone is 2. The minimum Gasteiger partial charge on any atom is -0.378 e. The maximum absolute atomic E-state index is 5.96. The SMILES string of the molecule is C/C(=C\C(=N/C(C)OCc1ccccn1)c1ccc2cc[nH]c2c1)N1CCOCC1. The molecule has 1 atom stereocenters. The van der Waals surface area contributed by atoms with Gasteiger partial charge in [-0.05, 0) is 49.6 Å². The first-order valence-corrected chi connectivity index (χ1v) is 10.4. The summed E-state index contributed by atoms with van der Waals surface area (Å²) >= 11 is 0. The minimum atomic E-state index is -0.296. The molecule has 1 aliphatic heterocycles. The van der Waals surface area contributed by atoms with Crippen LogP contribution in [0.5, 0.6) is 0 Å². The summed E-state index contributed by atoms with van der Waals surface area (Å²) in [5.74, 6) is 0. The second-order valence-corrected chi connectivity index (χ2v) is 7.41. The van der Waals surface area contributed by atoms with Gasteiger partial charge in [-0.25, -0.2) is 0 Å². The maximum atomic E-state index is 5.96. The van der Waals surface area contributed by atoms with Gasteiger partial charge in [0.15, 0.2) is 0 Å². The number of rotatable bonds is 7. The smallest absolute Gasteiger partial charge is 0.146 e. The topological polar surface area (TPSA) is 62.7 Å². The lowest BCUT2D eigenvalue weighted by atomic mass is 10.1. The van der Waals surface area contributed by atoms with Crippen LogP contribution in [0.25, 0.3) is 10.9 Å². The van der Waals surface area contributed by atoms with E-state index in [1.165, 1.54) is 11.1 Å². The van der Waals surface area contributed by atoms with Gasteiger partial charge in [0.1, 0.15) is 6.23 Å². The van der Waals surface area contributed by atoms with Gasteiger partial charge in [-0.15, -0.1) is 0 Å². The van der Waals surface area contributed by atoms with Crippen LogP contribution in [0.2, 0.25) is 0 Å². The van der Waals surface area contributed by atoms with Crippen molar-refractivity contribution >= 4 is 16.6 Å². The third kappa shape index (κ3) is 5.14. The van der Waals surface area contributed by atoms with Crippen molar-refractivity contribution in [3.8, 4) is 0 Å². The summed E-state index contributed by atoms with van der Waals surface area (Å²) < 4.78 is 11.4. The molecule has 0 bridgehead atoms. The summed E-state index contributed by atoms with van der Waals surface area (Å²) in [6.07, 6.45) is 5.59. The second kappa shape index (κ2) is 9.69. The van der Waals surface area contributed by atoms with E-state index in [4.69, 9.17) is 14.5 Å². The summed E-state index contributed by atoms with van der Waals surface area (Å²) in [5.41, 5.74) is 5.14. The molecule has 30 heavy (non-hydrogen) atoms. The molecule has 1 fully saturated rings. The Morgan fingerprint density at radius 3 is 2.93 bits per heavy atom. The molecule has 0 aliphatic carbocycles. The summed E-state index contributed by atoms with van der Waals surface area (Å²) in [4.78, 5) is 14.9. The van der Waals surface area contributed by atoms with Crippen LogP contribution in [0.3, 0.4) is 0 Å². The van der Waals surface area contributed by atoms with Gasteiger partial charge in [0, 0.05) is 42.3 Å². The summed E-state index contributed by atoms with van der Waals surface area (Å²) in [7, 11) is 0. The number of aromatic amines is 1. The number of morpholine rings is 1. The van der Waals surface area contributed by atoms with Gasteiger partial charge in [-0.2, -0.15) is 0 Å². The van der Waals surface area contributed by atoms with E-state index in [0.29, 0.717) is 6.61 Å². The molecule has 0 amide bonds. The molecule has 0 radical (unpaired) electrons. The van der Waals surface area contributed by atoms with Crippen molar-refractivity contribution in [2.24, 2.45) is 4.99 Å². The van der Waals surface area contributed by atoms with Crippen molar-refractivity contribution in [1.29, 1.82) is 0 Å². The molecule has 0 saturated carbocycles. The van der Waals surface area contributed by atoms with E-state index in [9.17, 15) is 0 Å². The molecule has 3 aromatic rings. The number of nitrogens with one attached hydrogen (secondary N) is 1. The van der Waals surface area contributed by atoms with E-state index in [-0.39, 0.29) is 6.23 Å². The van der Waals surface area contributed by atoms with Crippen molar-refractivity contribution in [3.05, 3.63) is 77.9 Å². The number of fused-ring (bicyclic) bond motifs is 1. The Hall–Kier alpha value is -2.96. The molecule has 1 N–H and O–H groups in total. The molecule has 0 spiro atoms. The van der Waals surface area contributed by atoms with Crippen molar-refractivity contribution in [1.82, 2.24) is 14.9 Å². The third-order valence-electron chi connectivity index (χ3n) is 5.23. The number of hydrogen-bond donors (Lipinski definition) is 1. The highest BCUT2D eigenvalue weighted by Gasteiger charge is 2.13. The number of H-pyrrole nitrogens is 1. The molecule has 1 aromatic carbocycles. The highest BCUT2D eigenvalue weighted by Crippen LogP contribution is 2.18. The molecule has 2 aromatic heterocycles. The number of benzene rings is 1. The van der Waals surface area contributed by atoms with E-state index < -0.39 is 0 Å². The van der Waals surface area contributed by atoms with Crippen molar-refractivity contribution < 1.29 is 9.47 Å².